The summed E-state index contributed by atoms with van der Waals surface area (Å²) >= 11 is 0. The summed E-state index contributed by atoms with van der Waals surface area (Å²) in [6.45, 7) is 2.94. The van der Waals surface area contributed by atoms with Crippen molar-refractivity contribution in [1.29, 1.82) is 0 Å². The maximum atomic E-state index is 11.4. The Morgan fingerprint density at radius 2 is 1.80 bits per heavy atom. The molecule has 1 fully saturated rings. The van der Waals surface area contributed by atoms with Crippen molar-refractivity contribution in [2.24, 2.45) is 17.1 Å². The third kappa shape index (κ3) is 2.19. The van der Waals surface area contributed by atoms with Gasteiger partial charge >= 0.3 is 0 Å². The largest absolute Gasteiger partial charge is 0.389 e. The highest BCUT2D eigenvalue weighted by molar-refractivity contribution is 5.32. The van der Waals surface area contributed by atoms with Crippen LogP contribution in [0.15, 0.2) is 24.3 Å². The van der Waals surface area contributed by atoms with Gasteiger partial charge < -0.3 is 10.8 Å². The number of hydrogen-bond acceptors (Lipinski definition) is 2. The second-order valence-corrected chi connectivity index (χ2v) is 7.14. The van der Waals surface area contributed by atoms with Gasteiger partial charge in [0.1, 0.15) is 0 Å². The van der Waals surface area contributed by atoms with E-state index in [2.05, 4.69) is 31.2 Å². The lowest BCUT2D eigenvalue weighted by Gasteiger charge is -2.52. The zero-order valence-corrected chi connectivity index (χ0v) is 12.6. The first kappa shape index (κ1) is 14.1. The molecule has 1 saturated carbocycles. The Bertz CT molecular complexity index is 476. The van der Waals surface area contributed by atoms with Crippen LogP contribution in [0.25, 0.3) is 0 Å². The molecule has 2 nitrogen and oxygen atoms in total. The number of hydrogen-bond donors (Lipinski definition) is 2. The van der Waals surface area contributed by atoms with Gasteiger partial charge in [-0.2, -0.15) is 0 Å². The number of nitrogens with two attached hydrogens (primary N) is 1. The summed E-state index contributed by atoms with van der Waals surface area (Å²) < 4.78 is 0. The van der Waals surface area contributed by atoms with E-state index in [-0.39, 0.29) is 5.41 Å². The van der Waals surface area contributed by atoms with Crippen LogP contribution in [0.1, 0.15) is 50.2 Å². The predicted octanol–water partition coefficient (Wildman–Crippen LogP) is 3.06. The van der Waals surface area contributed by atoms with E-state index in [1.807, 2.05) is 0 Å². The summed E-state index contributed by atoms with van der Waals surface area (Å²) in [5, 5.41) is 11.4. The van der Waals surface area contributed by atoms with Crippen LogP contribution < -0.4 is 5.73 Å². The van der Waals surface area contributed by atoms with Gasteiger partial charge in [0, 0.05) is 18.4 Å². The predicted molar refractivity (Wildman–Crippen MR) is 82.5 cm³/mol. The quantitative estimate of drug-likeness (QED) is 0.870. The van der Waals surface area contributed by atoms with Gasteiger partial charge in [0.2, 0.25) is 0 Å². The monoisotopic (exact) mass is 273 g/mol. The van der Waals surface area contributed by atoms with Gasteiger partial charge in [-0.25, -0.2) is 0 Å². The molecule has 0 aliphatic heterocycles. The molecule has 0 aromatic heterocycles. The number of aryl methyl sites for hydroxylation is 1. The van der Waals surface area contributed by atoms with Crippen LogP contribution in [0.3, 0.4) is 0 Å². The normalized spacial score (nSPS) is 37.5. The fraction of sp³-hybridized carbons (Fsp3) is 0.667. The second kappa shape index (κ2) is 5.16. The molecule has 20 heavy (non-hydrogen) atoms. The smallest absolute Gasteiger partial charge is 0.0759 e. The lowest BCUT2D eigenvalue weighted by atomic mass is 9.57. The highest BCUT2D eigenvalue weighted by Crippen LogP contribution is 2.50. The van der Waals surface area contributed by atoms with Crippen LogP contribution >= 0.6 is 0 Å². The molecule has 0 bridgehead atoms. The Kier molecular flexibility index (Phi) is 3.64. The first-order chi connectivity index (χ1) is 9.59. The lowest BCUT2D eigenvalue weighted by molar-refractivity contribution is -0.112. The van der Waals surface area contributed by atoms with E-state index in [9.17, 15) is 5.11 Å². The van der Waals surface area contributed by atoms with Crippen molar-refractivity contribution in [3.05, 3.63) is 35.4 Å². The zero-order valence-electron chi connectivity index (χ0n) is 12.6. The molecule has 0 radical (unpaired) electrons. The molecule has 2 aliphatic rings. The Balaban J connectivity index is 1.88. The van der Waals surface area contributed by atoms with E-state index >= 15 is 0 Å². The van der Waals surface area contributed by atoms with Crippen molar-refractivity contribution in [1.82, 2.24) is 0 Å². The number of aliphatic hydroxyl groups is 1. The molecular weight excluding hydrogens is 246 g/mol. The molecule has 2 heteroatoms. The van der Waals surface area contributed by atoms with E-state index in [1.54, 1.807) is 0 Å². The van der Waals surface area contributed by atoms with Gasteiger partial charge in [-0.1, -0.05) is 44.0 Å². The number of rotatable bonds is 2. The van der Waals surface area contributed by atoms with Crippen LogP contribution in [-0.2, 0) is 12.8 Å². The summed E-state index contributed by atoms with van der Waals surface area (Å²) in [5.41, 5.74) is 8.23. The minimum Gasteiger partial charge on any atom is -0.389 e. The minimum atomic E-state index is -0.601. The van der Waals surface area contributed by atoms with Gasteiger partial charge in [0.25, 0.3) is 0 Å². The molecule has 3 N–H and O–H groups in total. The summed E-state index contributed by atoms with van der Waals surface area (Å²) in [5.74, 6) is 0.786. The maximum absolute atomic E-state index is 11.4. The Morgan fingerprint density at radius 3 is 2.45 bits per heavy atom. The summed E-state index contributed by atoms with van der Waals surface area (Å²) in [6.07, 6.45) is 7.24. The topological polar surface area (TPSA) is 46.2 Å². The third-order valence-electron chi connectivity index (χ3n) is 6.02. The molecular formula is C18H27NO. The van der Waals surface area contributed by atoms with Crippen LogP contribution in [-0.4, -0.2) is 17.3 Å². The molecule has 0 spiro atoms. The van der Waals surface area contributed by atoms with Crippen molar-refractivity contribution in [2.75, 3.05) is 6.54 Å². The van der Waals surface area contributed by atoms with E-state index < -0.39 is 5.60 Å². The highest BCUT2D eigenvalue weighted by Gasteiger charge is 2.51. The van der Waals surface area contributed by atoms with Gasteiger partial charge in [0.05, 0.1) is 5.60 Å². The standard InChI is InChI=1S/C18H27NO/c1-14-6-9-17(13-19,10-7-14)18(20)11-8-15-4-2-3-5-16(15)12-18/h2-5,14,20H,6-13,19H2,1H3. The summed E-state index contributed by atoms with van der Waals surface area (Å²) in [4.78, 5) is 0. The molecule has 1 unspecified atom stereocenters. The first-order valence-electron chi connectivity index (χ1n) is 8.08. The number of benzene rings is 1. The molecule has 0 heterocycles. The van der Waals surface area contributed by atoms with Crippen LogP contribution in [0, 0.1) is 11.3 Å². The molecule has 3 rings (SSSR count). The van der Waals surface area contributed by atoms with Crippen molar-refractivity contribution in [3.8, 4) is 0 Å². The Labute approximate surface area is 122 Å². The molecule has 1 aromatic carbocycles. The van der Waals surface area contributed by atoms with E-state index in [1.165, 1.54) is 24.0 Å². The van der Waals surface area contributed by atoms with E-state index in [0.29, 0.717) is 6.54 Å². The van der Waals surface area contributed by atoms with Crippen molar-refractivity contribution >= 4 is 0 Å². The van der Waals surface area contributed by atoms with Gasteiger partial charge in [-0.15, -0.1) is 0 Å². The molecule has 2 aliphatic carbocycles. The summed E-state index contributed by atoms with van der Waals surface area (Å²) in [6, 6.07) is 8.56. The lowest BCUT2D eigenvalue weighted by Crippen LogP contribution is -2.57. The average molecular weight is 273 g/mol. The van der Waals surface area contributed by atoms with E-state index in [4.69, 9.17) is 5.73 Å². The average Bonchev–Trinajstić information content (AvgIpc) is 2.48. The van der Waals surface area contributed by atoms with Crippen LogP contribution in [0.2, 0.25) is 0 Å². The van der Waals surface area contributed by atoms with Crippen molar-refractivity contribution < 1.29 is 5.11 Å². The van der Waals surface area contributed by atoms with Gasteiger partial charge in [-0.3, -0.25) is 0 Å². The van der Waals surface area contributed by atoms with Crippen LogP contribution in [0.4, 0.5) is 0 Å². The van der Waals surface area contributed by atoms with E-state index in [0.717, 1.165) is 38.0 Å². The first-order valence-corrected chi connectivity index (χ1v) is 8.08. The minimum absolute atomic E-state index is 0.0625. The molecule has 0 amide bonds. The molecule has 110 valence electrons. The third-order valence-corrected chi connectivity index (χ3v) is 6.02. The van der Waals surface area contributed by atoms with Crippen molar-refractivity contribution in [3.63, 3.8) is 0 Å². The SMILES string of the molecule is CC1CCC(CN)(C2(O)CCc3ccccc3C2)CC1. The highest BCUT2D eigenvalue weighted by atomic mass is 16.3. The van der Waals surface area contributed by atoms with Crippen LogP contribution in [0.5, 0.6) is 0 Å². The maximum Gasteiger partial charge on any atom is 0.0759 e. The second-order valence-electron chi connectivity index (χ2n) is 7.14. The molecule has 1 aromatic rings. The van der Waals surface area contributed by atoms with Crippen molar-refractivity contribution in [2.45, 2.75) is 57.5 Å². The Hall–Kier alpha value is -0.860. The zero-order chi connectivity index (χ0) is 14.2. The van der Waals surface area contributed by atoms with Gasteiger partial charge in [-0.05, 0) is 42.7 Å². The Morgan fingerprint density at radius 1 is 1.15 bits per heavy atom. The number of fused-ring (bicyclic) bond motifs is 1. The molecule has 1 atom stereocenters. The summed E-state index contributed by atoms with van der Waals surface area (Å²) in [7, 11) is 0. The van der Waals surface area contributed by atoms with Gasteiger partial charge in [0.15, 0.2) is 0 Å². The molecule has 0 saturated heterocycles. The fourth-order valence-electron chi connectivity index (χ4n) is 4.35. The fourth-order valence-corrected chi connectivity index (χ4v) is 4.35.